The molecule has 0 unspecified atom stereocenters. The van der Waals surface area contributed by atoms with Gasteiger partial charge < -0.3 is 9.30 Å². The van der Waals surface area contributed by atoms with Crippen molar-refractivity contribution < 1.29 is 4.74 Å². The highest BCUT2D eigenvalue weighted by molar-refractivity contribution is 5.47. The van der Waals surface area contributed by atoms with Crippen molar-refractivity contribution in [2.45, 2.75) is 27.0 Å². The van der Waals surface area contributed by atoms with E-state index >= 15 is 0 Å². The summed E-state index contributed by atoms with van der Waals surface area (Å²) in [4.78, 5) is 4.30. The zero-order valence-corrected chi connectivity index (χ0v) is 8.08. The number of ether oxygens (including phenoxy) is 1. The van der Waals surface area contributed by atoms with E-state index in [0.29, 0.717) is 6.61 Å². The summed E-state index contributed by atoms with van der Waals surface area (Å²) >= 11 is 0. The van der Waals surface area contributed by atoms with Crippen LogP contribution in [0.5, 0.6) is 0 Å². The molecule has 3 nitrogen and oxygen atoms in total. The topological polar surface area (TPSA) is 27.1 Å². The van der Waals surface area contributed by atoms with Crippen LogP contribution in [-0.2, 0) is 17.9 Å². The van der Waals surface area contributed by atoms with E-state index < -0.39 is 0 Å². The molecule has 3 heteroatoms. The zero-order valence-electron chi connectivity index (χ0n) is 8.08. The molecule has 0 amide bonds. The molecule has 0 aliphatic carbocycles. The molecule has 0 saturated carbocycles. The standard InChI is InChI=1S/C10H14N2O/c1-8(2)5-9-6-11-10-7-13-4-3-12(9)10/h5-6H,3-4,7H2,1-2H3. The molecule has 70 valence electrons. The number of nitrogens with zero attached hydrogens (tertiary/aromatic N) is 2. The number of imidazole rings is 1. The molecule has 0 N–H and O–H groups in total. The Kier molecular flexibility index (Phi) is 2.19. The van der Waals surface area contributed by atoms with Gasteiger partial charge in [-0.2, -0.15) is 0 Å². The lowest BCUT2D eigenvalue weighted by molar-refractivity contribution is 0.0814. The van der Waals surface area contributed by atoms with Crippen LogP contribution in [-0.4, -0.2) is 16.2 Å². The third kappa shape index (κ3) is 1.65. The van der Waals surface area contributed by atoms with Crippen molar-refractivity contribution in [3.8, 4) is 0 Å². The average molecular weight is 178 g/mol. The molecule has 2 heterocycles. The molecule has 1 aliphatic heterocycles. The molecule has 1 aliphatic rings. The Hall–Kier alpha value is -1.09. The highest BCUT2D eigenvalue weighted by atomic mass is 16.5. The van der Waals surface area contributed by atoms with E-state index in [1.165, 1.54) is 11.3 Å². The SMILES string of the molecule is CC(C)=Cc1cnc2n1CCOC2. The normalized spacial score (nSPS) is 15.2. The van der Waals surface area contributed by atoms with Gasteiger partial charge in [-0.15, -0.1) is 0 Å². The van der Waals surface area contributed by atoms with Crippen molar-refractivity contribution in [2.75, 3.05) is 6.61 Å². The molecule has 0 fully saturated rings. The molecule has 1 aromatic rings. The maximum atomic E-state index is 5.31. The Bertz CT molecular complexity index is 335. The quantitative estimate of drug-likeness (QED) is 0.656. The lowest BCUT2D eigenvalue weighted by Gasteiger charge is -2.15. The van der Waals surface area contributed by atoms with Crippen LogP contribution in [0, 0.1) is 0 Å². The molecule has 0 radical (unpaired) electrons. The highest BCUT2D eigenvalue weighted by Gasteiger charge is 2.12. The molecule has 0 bridgehead atoms. The van der Waals surface area contributed by atoms with Gasteiger partial charge in [0.05, 0.1) is 18.5 Å². The number of hydrogen-bond acceptors (Lipinski definition) is 2. The minimum atomic E-state index is 0.649. The summed E-state index contributed by atoms with van der Waals surface area (Å²) in [5, 5.41) is 0. The molecular formula is C10H14N2O. The van der Waals surface area contributed by atoms with E-state index in [1.807, 2.05) is 6.20 Å². The molecular weight excluding hydrogens is 164 g/mol. The fraction of sp³-hybridized carbons (Fsp3) is 0.500. The Morgan fingerprint density at radius 3 is 3.23 bits per heavy atom. The van der Waals surface area contributed by atoms with E-state index in [-0.39, 0.29) is 0 Å². The monoisotopic (exact) mass is 178 g/mol. The summed E-state index contributed by atoms with van der Waals surface area (Å²) in [7, 11) is 0. The van der Waals surface area contributed by atoms with E-state index in [9.17, 15) is 0 Å². The first-order chi connectivity index (χ1) is 6.27. The third-order valence-corrected chi connectivity index (χ3v) is 2.10. The average Bonchev–Trinajstić information content (AvgIpc) is 2.48. The number of fused-ring (bicyclic) bond motifs is 1. The maximum absolute atomic E-state index is 5.31. The second kappa shape index (κ2) is 3.34. The Labute approximate surface area is 78.0 Å². The minimum Gasteiger partial charge on any atom is -0.372 e. The molecule has 13 heavy (non-hydrogen) atoms. The number of rotatable bonds is 1. The van der Waals surface area contributed by atoms with Crippen LogP contribution in [0.25, 0.3) is 6.08 Å². The molecule has 2 rings (SSSR count). The van der Waals surface area contributed by atoms with Crippen LogP contribution >= 0.6 is 0 Å². The van der Waals surface area contributed by atoms with Gasteiger partial charge >= 0.3 is 0 Å². The number of hydrogen-bond donors (Lipinski definition) is 0. The Balaban J connectivity index is 2.37. The first-order valence-corrected chi connectivity index (χ1v) is 4.54. The largest absolute Gasteiger partial charge is 0.372 e. The maximum Gasteiger partial charge on any atom is 0.135 e. The van der Waals surface area contributed by atoms with Crippen LogP contribution < -0.4 is 0 Å². The van der Waals surface area contributed by atoms with E-state index in [0.717, 1.165) is 19.0 Å². The van der Waals surface area contributed by atoms with Crippen LogP contribution in [0.2, 0.25) is 0 Å². The Morgan fingerprint density at radius 2 is 2.46 bits per heavy atom. The smallest absolute Gasteiger partial charge is 0.135 e. The second-order valence-electron chi connectivity index (χ2n) is 3.53. The van der Waals surface area contributed by atoms with Gasteiger partial charge in [0.1, 0.15) is 12.4 Å². The Morgan fingerprint density at radius 1 is 1.62 bits per heavy atom. The zero-order chi connectivity index (χ0) is 9.26. The number of aromatic nitrogens is 2. The van der Waals surface area contributed by atoms with Gasteiger partial charge in [0.25, 0.3) is 0 Å². The minimum absolute atomic E-state index is 0.649. The van der Waals surface area contributed by atoms with Gasteiger partial charge in [-0.3, -0.25) is 0 Å². The van der Waals surface area contributed by atoms with E-state index in [4.69, 9.17) is 4.74 Å². The van der Waals surface area contributed by atoms with Crippen LogP contribution in [0.15, 0.2) is 11.8 Å². The first kappa shape index (κ1) is 8.51. The molecule has 0 atom stereocenters. The van der Waals surface area contributed by atoms with Crippen LogP contribution in [0.4, 0.5) is 0 Å². The molecule has 0 spiro atoms. The second-order valence-corrected chi connectivity index (χ2v) is 3.53. The molecule has 1 aromatic heterocycles. The summed E-state index contributed by atoms with van der Waals surface area (Å²) < 4.78 is 7.53. The lowest BCUT2D eigenvalue weighted by atomic mass is 10.3. The lowest BCUT2D eigenvalue weighted by Crippen LogP contribution is -2.17. The predicted octanol–water partition coefficient (Wildman–Crippen LogP) is 1.84. The van der Waals surface area contributed by atoms with Gasteiger partial charge in [-0.05, 0) is 19.9 Å². The van der Waals surface area contributed by atoms with Crippen molar-refractivity contribution in [2.24, 2.45) is 0 Å². The van der Waals surface area contributed by atoms with Crippen molar-refractivity contribution in [3.63, 3.8) is 0 Å². The summed E-state index contributed by atoms with van der Waals surface area (Å²) in [5.74, 6) is 1.04. The summed E-state index contributed by atoms with van der Waals surface area (Å²) in [5.41, 5.74) is 2.49. The highest BCUT2D eigenvalue weighted by Crippen LogP contribution is 2.14. The number of allylic oxidation sites excluding steroid dienone is 1. The van der Waals surface area contributed by atoms with E-state index in [1.54, 1.807) is 0 Å². The fourth-order valence-corrected chi connectivity index (χ4v) is 1.53. The van der Waals surface area contributed by atoms with Crippen molar-refractivity contribution in [1.29, 1.82) is 0 Å². The summed E-state index contributed by atoms with van der Waals surface area (Å²) in [6.45, 7) is 6.57. The summed E-state index contributed by atoms with van der Waals surface area (Å²) in [6, 6.07) is 0. The molecule has 0 aromatic carbocycles. The summed E-state index contributed by atoms with van der Waals surface area (Å²) in [6.07, 6.45) is 4.07. The predicted molar refractivity (Wildman–Crippen MR) is 51.2 cm³/mol. The van der Waals surface area contributed by atoms with Crippen molar-refractivity contribution in [3.05, 3.63) is 23.3 Å². The van der Waals surface area contributed by atoms with Gasteiger partial charge in [-0.1, -0.05) is 5.57 Å². The van der Waals surface area contributed by atoms with Gasteiger partial charge in [0, 0.05) is 6.54 Å². The van der Waals surface area contributed by atoms with E-state index in [2.05, 4.69) is 29.5 Å². The van der Waals surface area contributed by atoms with Gasteiger partial charge in [0.15, 0.2) is 0 Å². The van der Waals surface area contributed by atoms with Gasteiger partial charge in [-0.25, -0.2) is 4.98 Å². The molecule has 0 saturated heterocycles. The van der Waals surface area contributed by atoms with Crippen molar-refractivity contribution >= 4 is 6.08 Å². The van der Waals surface area contributed by atoms with Crippen LogP contribution in [0.1, 0.15) is 25.4 Å². The fourth-order valence-electron chi connectivity index (χ4n) is 1.53. The third-order valence-electron chi connectivity index (χ3n) is 2.10. The first-order valence-electron chi connectivity index (χ1n) is 4.54. The van der Waals surface area contributed by atoms with Crippen molar-refractivity contribution in [1.82, 2.24) is 9.55 Å². The van der Waals surface area contributed by atoms with Gasteiger partial charge in [0.2, 0.25) is 0 Å². The van der Waals surface area contributed by atoms with Crippen LogP contribution in [0.3, 0.4) is 0 Å².